The maximum absolute atomic E-state index is 12.6. The van der Waals surface area contributed by atoms with Gasteiger partial charge in [0.1, 0.15) is 0 Å². The smallest absolute Gasteiger partial charge is 0.253 e. The molecule has 1 aromatic heterocycles. The van der Waals surface area contributed by atoms with Crippen molar-refractivity contribution in [3.63, 3.8) is 0 Å². The monoisotopic (exact) mass is 271 g/mol. The highest BCUT2D eigenvalue weighted by atomic mass is 16.2. The molecular weight excluding hydrogens is 250 g/mol. The number of hydrogen-bond donors (Lipinski definition) is 2. The van der Waals surface area contributed by atoms with E-state index in [9.17, 15) is 4.79 Å². The normalized spacial score (nSPS) is 18.6. The lowest BCUT2D eigenvalue weighted by atomic mass is 10.1. The van der Waals surface area contributed by atoms with Crippen molar-refractivity contribution >= 4 is 16.8 Å². The molecule has 0 radical (unpaired) electrons. The summed E-state index contributed by atoms with van der Waals surface area (Å²) in [4.78, 5) is 17.7. The average molecular weight is 271 g/mol. The van der Waals surface area contributed by atoms with Crippen LogP contribution in [-0.2, 0) is 0 Å². The Morgan fingerprint density at radius 3 is 3.05 bits per heavy atom. The third kappa shape index (κ3) is 2.56. The Kier molecular flexibility index (Phi) is 3.74. The maximum atomic E-state index is 12.6. The van der Waals surface area contributed by atoms with Gasteiger partial charge in [-0.3, -0.25) is 4.79 Å². The first-order valence-electron chi connectivity index (χ1n) is 7.37. The number of hydrogen-bond acceptors (Lipinski definition) is 2. The number of rotatable bonds is 4. The van der Waals surface area contributed by atoms with E-state index in [0.717, 1.165) is 36.1 Å². The topological polar surface area (TPSA) is 48.1 Å². The summed E-state index contributed by atoms with van der Waals surface area (Å²) in [6.07, 6.45) is 4.28. The fourth-order valence-electron chi connectivity index (χ4n) is 2.90. The molecule has 4 heteroatoms. The Morgan fingerprint density at radius 2 is 2.30 bits per heavy atom. The van der Waals surface area contributed by atoms with Gasteiger partial charge >= 0.3 is 0 Å². The molecule has 3 rings (SSSR count). The zero-order valence-electron chi connectivity index (χ0n) is 11.9. The largest absolute Gasteiger partial charge is 0.361 e. The third-order valence-electron chi connectivity index (χ3n) is 4.07. The highest BCUT2D eigenvalue weighted by Crippen LogP contribution is 2.16. The average Bonchev–Trinajstić information content (AvgIpc) is 3.14. The summed E-state index contributed by atoms with van der Waals surface area (Å²) in [5.41, 5.74) is 1.85. The second-order valence-corrected chi connectivity index (χ2v) is 5.42. The summed E-state index contributed by atoms with van der Waals surface area (Å²) >= 11 is 0. The fourth-order valence-corrected chi connectivity index (χ4v) is 2.90. The zero-order chi connectivity index (χ0) is 13.9. The van der Waals surface area contributed by atoms with E-state index < -0.39 is 0 Å². The summed E-state index contributed by atoms with van der Waals surface area (Å²) in [5.74, 6) is 0.129. The van der Waals surface area contributed by atoms with Crippen molar-refractivity contribution in [1.82, 2.24) is 15.2 Å². The molecule has 0 bridgehead atoms. The molecule has 20 heavy (non-hydrogen) atoms. The van der Waals surface area contributed by atoms with Gasteiger partial charge in [0.2, 0.25) is 0 Å². The van der Waals surface area contributed by atoms with Crippen LogP contribution in [0.25, 0.3) is 10.9 Å². The first-order valence-corrected chi connectivity index (χ1v) is 7.37. The van der Waals surface area contributed by atoms with Crippen LogP contribution >= 0.6 is 0 Å². The lowest BCUT2D eigenvalue weighted by molar-refractivity contribution is 0.0751. The number of aromatic nitrogens is 1. The first-order chi connectivity index (χ1) is 9.78. The van der Waals surface area contributed by atoms with E-state index in [1.54, 1.807) is 0 Å². The Balaban J connectivity index is 1.77. The molecule has 1 unspecified atom stereocenters. The van der Waals surface area contributed by atoms with Gasteiger partial charge in [0, 0.05) is 41.8 Å². The van der Waals surface area contributed by atoms with Crippen LogP contribution in [0.1, 0.15) is 30.1 Å². The number of fused-ring (bicyclic) bond motifs is 1. The minimum atomic E-state index is 0.129. The molecule has 1 aromatic carbocycles. The fraction of sp³-hybridized carbons (Fsp3) is 0.438. The number of nitrogens with zero attached hydrogens (tertiary/aromatic N) is 1. The summed E-state index contributed by atoms with van der Waals surface area (Å²) in [5, 5.41) is 4.54. The molecule has 2 aromatic rings. The molecule has 2 heterocycles. The Labute approximate surface area is 119 Å². The summed E-state index contributed by atoms with van der Waals surface area (Å²) in [6, 6.07) is 8.31. The lowest BCUT2D eigenvalue weighted by Crippen LogP contribution is -2.41. The molecule has 1 saturated heterocycles. The van der Waals surface area contributed by atoms with E-state index >= 15 is 0 Å². The van der Waals surface area contributed by atoms with E-state index in [1.807, 2.05) is 42.3 Å². The van der Waals surface area contributed by atoms with Gasteiger partial charge < -0.3 is 15.2 Å². The molecule has 2 N–H and O–H groups in total. The van der Waals surface area contributed by atoms with Crippen molar-refractivity contribution in [1.29, 1.82) is 0 Å². The van der Waals surface area contributed by atoms with Gasteiger partial charge in [0.15, 0.2) is 0 Å². The molecule has 0 spiro atoms. The lowest BCUT2D eigenvalue weighted by Gasteiger charge is -2.24. The van der Waals surface area contributed by atoms with Gasteiger partial charge in [-0.2, -0.15) is 0 Å². The van der Waals surface area contributed by atoms with Crippen LogP contribution in [0.2, 0.25) is 0 Å². The number of carbonyl (C=O) groups excluding carboxylic acids is 1. The minimum absolute atomic E-state index is 0.129. The van der Waals surface area contributed by atoms with Crippen LogP contribution in [0.15, 0.2) is 30.5 Å². The van der Waals surface area contributed by atoms with Crippen LogP contribution in [0.5, 0.6) is 0 Å². The van der Waals surface area contributed by atoms with Gasteiger partial charge in [0.25, 0.3) is 5.91 Å². The minimum Gasteiger partial charge on any atom is -0.361 e. The van der Waals surface area contributed by atoms with Crippen molar-refractivity contribution in [3.05, 3.63) is 36.0 Å². The number of benzene rings is 1. The second-order valence-electron chi connectivity index (χ2n) is 5.42. The third-order valence-corrected chi connectivity index (χ3v) is 4.07. The molecule has 1 atom stereocenters. The molecule has 106 valence electrons. The van der Waals surface area contributed by atoms with E-state index in [2.05, 4.69) is 10.3 Å². The molecule has 1 fully saturated rings. The summed E-state index contributed by atoms with van der Waals surface area (Å²) in [6.45, 7) is 4.68. The molecule has 1 amide bonds. The van der Waals surface area contributed by atoms with Crippen molar-refractivity contribution in [2.24, 2.45) is 0 Å². The Morgan fingerprint density at radius 1 is 1.40 bits per heavy atom. The van der Waals surface area contributed by atoms with Crippen molar-refractivity contribution in [3.8, 4) is 0 Å². The van der Waals surface area contributed by atoms with Gasteiger partial charge in [-0.05, 0) is 50.6 Å². The molecule has 1 aliphatic heterocycles. The number of carbonyl (C=O) groups is 1. The number of nitrogens with one attached hydrogen (secondary N) is 2. The first kappa shape index (κ1) is 13.2. The standard InChI is InChI=1S/C16H21N3O/c1-2-19(11-14-4-3-8-17-14)16(20)13-5-6-15-12(10-13)7-9-18-15/h5-7,9-10,14,17-18H,2-4,8,11H2,1H3. The molecule has 0 aliphatic carbocycles. The van der Waals surface area contributed by atoms with Crippen molar-refractivity contribution in [2.45, 2.75) is 25.8 Å². The van der Waals surface area contributed by atoms with Crippen molar-refractivity contribution in [2.75, 3.05) is 19.6 Å². The van der Waals surface area contributed by atoms with Crippen LogP contribution in [0.3, 0.4) is 0 Å². The van der Waals surface area contributed by atoms with E-state index in [-0.39, 0.29) is 5.91 Å². The quantitative estimate of drug-likeness (QED) is 0.897. The van der Waals surface area contributed by atoms with Crippen LogP contribution in [-0.4, -0.2) is 41.5 Å². The molecule has 0 saturated carbocycles. The summed E-state index contributed by atoms with van der Waals surface area (Å²) in [7, 11) is 0. The number of aromatic amines is 1. The van der Waals surface area contributed by atoms with Gasteiger partial charge in [-0.25, -0.2) is 0 Å². The van der Waals surface area contributed by atoms with Crippen LogP contribution in [0.4, 0.5) is 0 Å². The number of amides is 1. The second kappa shape index (κ2) is 5.67. The zero-order valence-corrected chi connectivity index (χ0v) is 11.9. The molecular formula is C16H21N3O. The number of H-pyrrole nitrogens is 1. The highest BCUT2D eigenvalue weighted by molar-refractivity contribution is 5.98. The van der Waals surface area contributed by atoms with E-state index in [4.69, 9.17) is 0 Å². The van der Waals surface area contributed by atoms with Crippen LogP contribution < -0.4 is 5.32 Å². The van der Waals surface area contributed by atoms with E-state index in [1.165, 1.54) is 12.8 Å². The Hall–Kier alpha value is -1.81. The molecule has 4 nitrogen and oxygen atoms in total. The van der Waals surface area contributed by atoms with Gasteiger partial charge in [-0.1, -0.05) is 0 Å². The predicted octanol–water partition coefficient (Wildman–Crippen LogP) is 2.38. The highest BCUT2D eigenvalue weighted by Gasteiger charge is 2.21. The molecule has 1 aliphatic rings. The van der Waals surface area contributed by atoms with Gasteiger partial charge in [-0.15, -0.1) is 0 Å². The predicted molar refractivity (Wildman–Crippen MR) is 80.9 cm³/mol. The van der Waals surface area contributed by atoms with Crippen LogP contribution in [0, 0.1) is 0 Å². The summed E-state index contributed by atoms with van der Waals surface area (Å²) < 4.78 is 0. The van der Waals surface area contributed by atoms with Gasteiger partial charge in [0.05, 0.1) is 0 Å². The maximum Gasteiger partial charge on any atom is 0.253 e. The Bertz CT molecular complexity index is 599. The number of likely N-dealkylation sites (N-methyl/N-ethyl adjacent to an activating group) is 1. The van der Waals surface area contributed by atoms with E-state index in [0.29, 0.717) is 6.04 Å². The SMILES string of the molecule is CCN(CC1CCCN1)C(=O)c1ccc2[nH]ccc2c1. The van der Waals surface area contributed by atoms with Crippen molar-refractivity contribution < 1.29 is 4.79 Å².